The molecule has 0 spiro atoms. The molecule has 3 aromatic rings. The van der Waals surface area contributed by atoms with Crippen LogP contribution < -0.4 is 0 Å². The topological polar surface area (TPSA) is 50.9 Å². The number of phenols is 1. The van der Waals surface area contributed by atoms with Gasteiger partial charge in [0.15, 0.2) is 0 Å². The smallest absolute Gasteiger partial charge is 0.146 e. The average molecular weight is 350 g/mol. The number of phenolic OH excluding ortho intramolecular Hbond substituents is 1. The van der Waals surface area contributed by atoms with Crippen LogP contribution in [0.1, 0.15) is 31.9 Å². The molecule has 4 nitrogen and oxygen atoms in total. The number of rotatable bonds is 1. The van der Waals surface area contributed by atoms with Crippen LogP contribution in [0, 0.1) is 6.92 Å². The van der Waals surface area contributed by atoms with Crippen molar-refractivity contribution in [2.75, 3.05) is 0 Å². The number of hydrogen-bond donors (Lipinski definition) is 1. The molecule has 0 fully saturated rings. The molecule has 1 heterocycles. The molecular formula is C17H17Cl2N3O. The second-order valence-corrected chi connectivity index (χ2v) is 7.49. The molecule has 0 unspecified atom stereocenters. The molecule has 1 N–H and O–H groups in total. The van der Waals surface area contributed by atoms with Gasteiger partial charge in [0.1, 0.15) is 22.5 Å². The monoisotopic (exact) mass is 349 g/mol. The molecule has 0 saturated heterocycles. The van der Waals surface area contributed by atoms with E-state index in [1.165, 1.54) is 4.80 Å². The van der Waals surface area contributed by atoms with E-state index in [1.54, 1.807) is 12.1 Å². The number of aromatic nitrogens is 3. The Bertz CT molecular complexity index is 871. The summed E-state index contributed by atoms with van der Waals surface area (Å²) in [5, 5.41) is 20.4. The van der Waals surface area contributed by atoms with Crippen molar-refractivity contribution in [3.63, 3.8) is 0 Å². The van der Waals surface area contributed by atoms with Crippen LogP contribution in [0.5, 0.6) is 5.75 Å². The highest BCUT2D eigenvalue weighted by Gasteiger charge is 2.22. The Morgan fingerprint density at radius 1 is 0.957 bits per heavy atom. The van der Waals surface area contributed by atoms with Gasteiger partial charge >= 0.3 is 0 Å². The maximum Gasteiger partial charge on any atom is 0.146 e. The van der Waals surface area contributed by atoms with Gasteiger partial charge < -0.3 is 5.11 Å². The summed E-state index contributed by atoms with van der Waals surface area (Å²) in [4.78, 5) is 1.43. The fraction of sp³-hybridized carbons (Fsp3) is 0.294. The molecule has 0 bridgehead atoms. The van der Waals surface area contributed by atoms with Crippen molar-refractivity contribution in [3.05, 3.63) is 45.4 Å². The van der Waals surface area contributed by atoms with Gasteiger partial charge in [0.05, 0.1) is 10.0 Å². The predicted molar refractivity (Wildman–Crippen MR) is 94.0 cm³/mol. The van der Waals surface area contributed by atoms with Crippen LogP contribution in [0.15, 0.2) is 24.3 Å². The van der Waals surface area contributed by atoms with Crippen LogP contribution in [0.2, 0.25) is 10.0 Å². The first-order valence-electron chi connectivity index (χ1n) is 7.23. The Morgan fingerprint density at radius 2 is 1.48 bits per heavy atom. The standard InChI is InChI=1S/C17H17Cl2N3O/c1-9-5-10(17(2,3)4)16(23)15(6-9)22-20-13-7-11(18)12(19)8-14(13)21-22/h5-8,23H,1-4H3. The molecule has 0 saturated carbocycles. The lowest BCUT2D eigenvalue weighted by Gasteiger charge is -2.22. The summed E-state index contributed by atoms with van der Waals surface area (Å²) in [7, 11) is 0. The lowest BCUT2D eigenvalue weighted by Crippen LogP contribution is -2.13. The number of benzene rings is 2. The van der Waals surface area contributed by atoms with Gasteiger partial charge in [-0.3, -0.25) is 0 Å². The predicted octanol–water partition coefficient (Wildman–Crippen LogP) is 5.04. The summed E-state index contributed by atoms with van der Waals surface area (Å²) in [6.45, 7) is 8.14. The van der Waals surface area contributed by atoms with E-state index in [2.05, 4.69) is 31.0 Å². The molecule has 0 aliphatic rings. The molecule has 1 aromatic heterocycles. The number of aryl methyl sites for hydroxylation is 1. The van der Waals surface area contributed by atoms with Gasteiger partial charge in [0.25, 0.3) is 0 Å². The molecule has 23 heavy (non-hydrogen) atoms. The highest BCUT2D eigenvalue weighted by atomic mass is 35.5. The first kappa shape index (κ1) is 16.1. The number of fused-ring (bicyclic) bond motifs is 1. The van der Waals surface area contributed by atoms with Gasteiger partial charge in [-0.05, 0) is 36.1 Å². The van der Waals surface area contributed by atoms with Crippen molar-refractivity contribution in [3.8, 4) is 11.4 Å². The fourth-order valence-electron chi connectivity index (χ4n) is 2.50. The highest BCUT2D eigenvalue weighted by molar-refractivity contribution is 6.42. The number of halogens is 2. The highest BCUT2D eigenvalue weighted by Crippen LogP contribution is 2.36. The largest absolute Gasteiger partial charge is 0.505 e. The Morgan fingerprint density at radius 3 is 1.96 bits per heavy atom. The summed E-state index contributed by atoms with van der Waals surface area (Å²) < 4.78 is 0. The van der Waals surface area contributed by atoms with Crippen LogP contribution in [-0.2, 0) is 5.41 Å². The quantitative estimate of drug-likeness (QED) is 0.669. The first-order chi connectivity index (χ1) is 10.7. The van der Waals surface area contributed by atoms with Crippen molar-refractivity contribution >= 4 is 34.2 Å². The Labute approximate surface area is 144 Å². The van der Waals surface area contributed by atoms with E-state index in [9.17, 15) is 5.11 Å². The average Bonchev–Trinajstić information content (AvgIpc) is 2.83. The van der Waals surface area contributed by atoms with Gasteiger partial charge in [-0.15, -0.1) is 15.0 Å². The van der Waals surface area contributed by atoms with E-state index in [0.717, 1.165) is 11.1 Å². The molecule has 3 rings (SSSR count). The minimum atomic E-state index is -0.190. The normalized spacial score (nSPS) is 12.1. The van der Waals surface area contributed by atoms with Crippen molar-refractivity contribution in [2.24, 2.45) is 0 Å². The maximum absolute atomic E-state index is 10.7. The van der Waals surface area contributed by atoms with Crippen molar-refractivity contribution < 1.29 is 5.11 Å². The third-order valence-corrected chi connectivity index (χ3v) is 4.40. The number of hydrogen-bond acceptors (Lipinski definition) is 3. The SMILES string of the molecule is Cc1cc(-n2nc3cc(Cl)c(Cl)cc3n2)c(O)c(C(C)(C)C)c1. The summed E-state index contributed by atoms with van der Waals surface area (Å²) in [5.41, 5.74) is 3.48. The van der Waals surface area contributed by atoms with Crippen molar-refractivity contribution in [1.29, 1.82) is 0 Å². The molecule has 0 atom stereocenters. The van der Waals surface area contributed by atoms with Gasteiger partial charge in [0.2, 0.25) is 0 Å². The molecule has 2 aromatic carbocycles. The summed E-state index contributed by atoms with van der Waals surface area (Å²) >= 11 is 12.1. The third kappa shape index (κ3) is 2.89. The van der Waals surface area contributed by atoms with E-state index < -0.39 is 0 Å². The molecule has 0 amide bonds. The van der Waals surface area contributed by atoms with Crippen LogP contribution in [0.3, 0.4) is 0 Å². The zero-order chi connectivity index (χ0) is 16.9. The molecule has 0 aliphatic heterocycles. The van der Waals surface area contributed by atoms with Crippen LogP contribution in [0.4, 0.5) is 0 Å². The third-order valence-electron chi connectivity index (χ3n) is 3.68. The van der Waals surface area contributed by atoms with Crippen LogP contribution >= 0.6 is 23.2 Å². The lowest BCUT2D eigenvalue weighted by molar-refractivity contribution is 0.440. The number of nitrogens with zero attached hydrogens (tertiary/aromatic N) is 3. The van der Waals surface area contributed by atoms with E-state index >= 15 is 0 Å². The zero-order valence-corrected chi connectivity index (χ0v) is 14.9. The second-order valence-electron chi connectivity index (χ2n) is 6.67. The van der Waals surface area contributed by atoms with Crippen LogP contribution in [0.25, 0.3) is 16.7 Å². The summed E-state index contributed by atoms with van der Waals surface area (Å²) in [6, 6.07) is 7.17. The fourth-order valence-corrected chi connectivity index (χ4v) is 2.82. The van der Waals surface area contributed by atoms with Gasteiger partial charge in [-0.25, -0.2) is 0 Å². The Hall–Kier alpha value is -1.78. The minimum Gasteiger partial charge on any atom is -0.505 e. The molecule has 6 heteroatoms. The molecule has 120 valence electrons. The van der Waals surface area contributed by atoms with E-state index in [-0.39, 0.29) is 11.2 Å². The van der Waals surface area contributed by atoms with Gasteiger partial charge in [-0.1, -0.05) is 50.0 Å². The van der Waals surface area contributed by atoms with Gasteiger partial charge in [-0.2, -0.15) is 0 Å². The minimum absolute atomic E-state index is 0.181. The van der Waals surface area contributed by atoms with Crippen molar-refractivity contribution in [2.45, 2.75) is 33.1 Å². The zero-order valence-electron chi connectivity index (χ0n) is 13.4. The van der Waals surface area contributed by atoms with Crippen molar-refractivity contribution in [1.82, 2.24) is 15.0 Å². The summed E-state index contributed by atoms with van der Waals surface area (Å²) in [6.07, 6.45) is 0. The maximum atomic E-state index is 10.7. The summed E-state index contributed by atoms with van der Waals surface area (Å²) in [5.74, 6) is 0.181. The van der Waals surface area contributed by atoms with Crippen LogP contribution in [-0.4, -0.2) is 20.1 Å². The Kier molecular flexibility index (Phi) is 3.77. The van der Waals surface area contributed by atoms with Gasteiger partial charge in [0, 0.05) is 5.56 Å². The first-order valence-corrected chi connectivity index (χ1v) is 7.99. The van der Waals surface area contributed by atoms with E-state index in [1.807, 2.05) is 19.1 Å². The molecule has 0 radical (unpaired) electrons. The number of aromatic hydroxyl groups is 1. The molecule has 0 aliphatic carbocycles. The van der Waals surface area contributed by atoms with E-state index in [0.29, 0.717) is 26.8 Å². The van der Waals surface area contributed by atoms with E-state index in [4.69, 9.17) is 23.2 Å². The molecular weight excluding hydrogens is 333 g/mol. The second kappa shape index (κ2) is 5.39. The lowest BCUT2D eigenvalue weighted by atomic mass is 9.85. The Balaban J connectivity index is 2.24.